The molecule has 1 N–H and O–H groups in total. The maximum absolute atomic E-state index is 13.1. The van der Waals surface area contributed by atoms with Crippen molar-refractivity contribution in [2.24, 2.45) is 0 Å². The first-order chi connectivity index (χ1) is 20.8. The van der Waals surface area contributed by atoms with Crippen molar-refractivity contribution in [1.29, 1.82) is 0 Å². The second kappa shape index (κ2) is 13.5. The van der Waals surface area contributed by atoms with Crippen molar-refractivity contribution in [3.8, 4) is 11.5 Å². The van der Waals surface area contributed by atoms with Crippen LogP contribution in [0.25, 0.3) is 11.0 Å². The van der Waals surface area contributed by atoms with Gasteiger partial charge in [0.1, 0.15) is 40.8 Å². The van der Waals surface area contributed by atoms with Gasteiger partial charge in [-0.25, -0.2) is 9.59 Å². The molecule has 0 aliphatic rings. The summed E-state index contributed by atoms with van der Waals surface area (Å²) in [6.45, 7) is 4.72. The van der Waals surface area contributed by atoms with Gasteiger partial charge in [-0.1, -0.05) is 29.1 Å². The molecule has 0 aliphatic carbocycles. The van der Waals surface area contributed by atoms with Crippen LogP contribution in [0.1, 0.15) is 37.5 Å². The van der Waals surface area contributed by atoms with E-state index in [0.29, 0.717) is 17.1 Å². The average Bonchev–Trinajstić information content (AvgIpc) is 3.37. The normalized spacial score (nSPS) is 12.3. The molecule has 1 amide bonds. The third kappa shape index (κ3) is 8.99. The maximum atomic E-state index is 13.1. The molecule has 3 aromatic carbocycles. The molecular weight excluding hydrogens is 585 g/mol. The van der Waals surface area contributed by atoms with Gasteiger partial charge in [0.25, 0.3) is 6.79 Å². The van der Waals surface area contributed by atoms with Gasteiger partial charge >= 0.3 is 18.2 Å². The van der Waals surface area contributed by atoms with Gasteiger partial charge < -0.3 is 29.1 Å². The molecule has 0 aliphatic heterocycles. The molecule has 1 atom stereocenters. The smallest absolute Gasteiger partial charge is 0.416 e. The van der Waals surface area contributed by atoms with Crippen LogP contribution in [0.4, 0.5) is 18.0 Å². The van der Waals surface area contributed by atoms with E-state index in [4.69, 9.17) is 23.8 Å². The van der Waals surface area contributed by atoms with Crippen LogP contribution in [0.3, 0.4) is 0 Å². The van der Waals surface area contributed by atoms with Crippen LogP contribution in [0, 0.1) is 0 Å². The number of hydrogen-bond acceptors (Lipinski definition) is 9. The second-order valence-electron chi connectivity index (χ2n) is 10.6. The zero-order valence-corrected chi connectivity index (χ0v) is 24.4. The fourth-order valence-electron chi connectivity index (χ4n) is 3.89. The fraction of sp³-hybridized carbons (Fsp3) is 0.333. The number of alkyl carbamates (subject to hydrolysis) is 1. The van der Waals surface area contributed by atoms with E-state index in [0.717, 1.165) is 22.5 Å². The second-order valence-corrected chi connectivity index (χ2v) is 10.6. The minimum Gasteiger partial charge on any atom is -0.497 e. The Balaban J connectivity index is 1.37. The highest BCUT2D eigenvalue weighted by atomic mass is 19.4. The molecule has 1 heterocycles. The minimum atomic E-state index is -4.53. The molecule has 14 heteroatoms. The summed E-state index contributed by atoms with van der Waals surface area (Å²) in [5.74, 6) is 0.372. The lowest BCUT2D eigenvalue weighted by Gasteiger charge is -2.23. The minimum absolute atomic E-state index is 0.0132. The number of carbonyl (C=O) groups excluding carboxylic acids is 2. The van der Waals surface area contributed by atoms with Crippen LogP contribution in [-0.2, 0) is 33.5 Å². The number of nitrogens with one attached hydrogen (secondary N) is 1. The van der Waals surface area contributed by atoms with Crippen molar-refractivity contribution in [2.45, 2.75) is 51.6 Å². The van der Waals surface area contributed by atoms with Crippen LogP contribution in [0.2, 0.25) is 0 Å². The summed E-state index contributed by atoms with van der Waals surface area (Å²) < 4.78 is 60.7. The molecular formula is C30H31F3N4O7. The molecule has 0 radical (unpaired) electrons. The molecule has 0 saturated carbocycles. The first-order valence-corrected chi connectivity index (χ1v) is 13.4. The van der Waals surface area contributed by atoms with E-state index >= 15 is 0 Å². The Morgan fingerprint density at radius 2 is 1.59 bits per heavy atom. The van der Waals surface area contributed by atoms with E-state index in [2.05, 4.69) is 15.6 Å². The van der Waals surface area contributed by atoms with Gasteiger partial charge in [-0.2, -0.15) is 13.2 Å². The van der Waals surface area contributed by atoms with Crippen molar-refractivity contribution in [1.82, 2.24) is 20.5 Å². The Hall–Kier alpha value is -5.01. The third-order valence-corrected chi connectivity index (χ3v) is 6.02. The summed E-state index contributed by atoms with van der Waals surface area (Å²) in [6.07, 6.45) is -5.22. The molecule has 234 valence electrons. The number of carbonyl (C=O) groups is 2. The van der Waals surface area contributed by atoms with E-state index in [1.54, 1.807) is 76.4 Å². The fourth-order valence-corrected chi connectivity index (χ4v) is 3.89. The van der Waals surface area contributed by atoms with Gasteiger partial charge in [0.2, 0.25) is 0 Å². The third-order valence-electron chi connectivity index (χ3n) is 6.02. The number of alkyl halides is 3. The number of fused-ring (bicyclic) bond motifs is 1. The van der Waals surface area contributed by atoms with Crippen LogP contribution in [0.5, 0.6) is 11.5 Å². The summed E-state index contributed by atoms with van der Waals surface area (Å²) in [4.78, 5) is 31.7. The van der Waals surface area contributed by atoms with Crippen molar-refractivity contribution >= 4 is 23.1 Å². The number of benzene rings is 3. The number of methoxy groups -OCH3 is 1. The molecule has 0 fully saturated rings. The van der Waals surface area contributed by atoms with Gasteiger partial charge in [-0.3, -0.25) is 0 Å². The zero-order valence-electron chi connectivity index (χ0n) is 24.4. The highest BCUT2D eigenvalue weighted by molar-refractivity contribution is 5.82. The quantitative estimate of drug-likeness (QED) is 0.181. The van der Waals surface area contributed by atoms with Gasteiger partial charge in [0, 0.05) is 6.42 Å². The topological polar surface area (TPSA) is 123 Å². The lowest BCUT2D eigenvalue weighted by molar-refractivity contribution is -0.147. The summed E-state index contributed by atoms with van der Waals surface area (Å²) in [5.41, 5.74) is 0.0153. The predicted octanol–water partition coefficient (Wildman–Crippen LogP) is 5.10. The Kier molecular flexibility index (Phi) is 9.81. The summed E-state index contributed by atoms with van der Waals surface area (Å²) in [6, 6.07) is 15.5. The largest absolute Gasteiger partial charge is 0.497 e. The maximum Gasteiger partial charge on any atom is 0.416 e. The predicted molar refractivity (Wildman–Crippen MR) is 151 cm³/mol. The highest BCUT2D eigenvalue weighted by Crippen LogP contribution is 2.30. The van der Waals surface area contributed by atoms with Crippen LogP contribution < -0.4 is 19.6 Å². The molecule has 44 heavy (non-hydrogen) atoms. The Labute approximate surface area is 250 Å². The first kappa shape index (κ1) is 31.9. The first-order valence-electron chi connectivity index (χ1n) is 13.4. The molecule has 0 saturated heterocycles. The van der Waals surface area contributed by atoms with Gasteiger partial charge in [0.15, 0.2) is 0 Å². The number of amides is 1. The number of aromatic nitrogens is 3. The number of esters is 1. The SMILES string of the molecule is COc1ccc(COC(=O)C(Cc2ccc(OCOn3nnc4ccc(C(F)(F)F)cc43)cc2)NC(=O)OC(C)(C)C)cc1. The van der Waals surface area contributed by atoms with Gasteiger partial charge in [-0.15, -0.1) is 5.10 Å². The van der Waals surface area contributed by atoms with Crippen molar-refractivity contribution in [2.75, 3.05) is 13.9 Å². The van der Waals surface area contributed by atoms with Crippen molar-refractivity contribution in [3.05, 3.63) is 83.4 Å². The number of ether oxygens (including phenoxy) is 4. The summed E-state index contributed by atoms with van der Waals surface area (Å²) in [5, 5.41) is 10.1. The number of halogens is 3. The molecule has 4 aromatic rings. The van der Waals surface area contributed by atoms with E-state index in [1.807, 2.05) is 0 Å². The molecule has 1 unspecified atom stereocenters. The Morgan fingerprint density at radius 1 is 0.932 bits per heavy atom. The van der Waals surface area contributed by atoms with Crippen molar-refractivity contribution in [3.63, 3.8) is 0 Å². The van der Waals surface area contributed by atoms with E-state index in [1.165, 1.54) is 6.07 Å². The lowest BCUT2D eigenvalue weighted by Crippen LogP contribution is -2.45. The van der Waals surface area contributed by atoms with E-state index in [9.17, 15) is 22.8 Å². The standard InChI is InChI=1S/C30H31F3N4O7/c1-29(2,3)44-28(39)34-25(27(38)41-17-20-7-10-22(40-4)11-8-20)15-19-5-12-23(13-6-19)42-18-43-37-26-16-21(30(31,32)33)9-14-24(26)35-36-37/h5-14,16,25H,15,17-18H2,1-4H3,(H,34,39). The van der Waals surface area contributed by atoms with Gasteiger partial charge in [0.05, 0.1) is 12.7 Å². The summed E-state index contributed by atoms with van der Waals surface area (Å²) >= 11 is 0. The lowest BCUT2D eigenvalue weighted by atomic mass is 10.1. The number of nitrogens with zero attached hydrogens (tertiary/aromatic N) is 3. The van der Waals surface area contributed by atoms with Crippen LogP contribution in [-0.4, -0.2) is 52.8 Å². The Bertz CT molecular complexity index is 1570. The highest BCUT2D eigenvalue weighted by Gasteiger charge is 2.31. The molecule has 11 nitrogen and oxygen atoms in total. The zero-order chi connectivity index (χ0) is 31.9. The van der Waals surface area contributed by atoms with E-state index in [-0.39, 0.29) is 30.9 Å². The molecule has 0 spiro atoms. The van der Waals surface area contributed by atoms with Gasteiger partial charge in [-0.05, 0) is 79.6 Å². The number of hydrogen-bond donors (Lipinski definition) is 1. The van der Waals surface area contributed by atoms with Crippen molar-refractivity contribution < 1.29 is 46.5 Å². The van der Waals surface area contributed by atoms with Crippen LogP contribution in [0.15, 0.2) is 66.7 Å². The van der Waals surface area contributed by atoms with E-state index < -0.39 is 35.4 Å². The molecule has 4 rings (SSSR count). The molecule has 0 bridgehead atoms. The average molecular weight is 617 g/mol. The summed E-state index contributed by atoms with van der Waals surface area (Å²) in [7, 11) is 1.55. The number of rotatable bonds is 11. The monoisotopic (exact) mass is 616 g/mol. The Morgan fingerprint density at radius 3 is 2.23 bits per heavy atom. The molecule has 1 aromatic heterocycles. The van der Waals surface area contributed by atoms with Crippen LogP contribution >= 0.6 is 0 Å².